The molecule has 10 heteroatoms. The largest absolute Gasteiger partial charge is 0.291 e. The second kappa shape index (κ2) is 21.3. The van der Waals surface area contributed by atoms with E-state index in [1.165, 1.54) is 43.1 Å². The van der Waals surface area contributed by atoms with Gasteiger partial charge in [0.1, 0.15) is 29.3 Å². The molecule has 75 heavy (non-hydrogen) atoms. The molecular weight excluding hydrogens is 1150 g/mol. The Labute approximate surface area is 464 Å². The SMILES string of the molecule is CC.CC.CC.CC.Cc1c2c(c(C)c3ccccc13)C1=Nc3c4c(C)c5ccccc5c(C)c4c4n3Cn3c(c5c(C)c6ccccc6c(C)c5c3=NC3=NC(=N4)c4c3c(C)c3ccccc3c4C)=NC2=N1.II. The van der Waals surface area contributed by atoms with E-state index in [4.69, 9.17) is 30.0 Å². The molecule has 0 amide bonds. The fourth-order valence-electron chi connectivity index (χ4n) is 12.1. The number of amidine groups is 4. The summed E-state index contributed by atoms with van der Waals surface area (Å²) in [5.74, 6) is 4.29. The Morgan fingerprint density at radius 2 is 0.520 bits per heavy atom. The van der Waals surface area contributed by atoms with Crippen molar-refractivity contribution in [1.82, 2.24) is 9.13 Å². The van der Waals surface area contributed by atoms with Crippen molar-refractivity contribution >= 4 is 137 Å². The van der Waals surface area contributed by atoms with Crippen LogP contribution in [-0.2, 0) is 6.67 Å². The summed E-state index contributed by atoms with van der Waals surface area (Å²) in [6, 6.07) is 34.8. The fourth-order valence-corrected chi connectivity index (χ4v) is 12.1. The van der Waals surface area contributed by atoms with Gasteiger partial charge in [0.2, 0.25) is 0 Å². The van der Waals surface area contributed by atoms with Crippen LogP contribution in [0.4, 0.5) is 11.6 Å². The highest BCUT2D eigenvalue weighted by Gasteiger charge is 2.35. The summed E-state index contributed by atoms with van der Waals surface area (Å²) in [5, 5.41) is 13.8. The Hall–Kier alpha value is -6.38. The average molecular weight is 1210 g/mol. The Morgan fingerprint density at radius 1 is 0.293 bits per heavy atom. The molecule has 2 aromatic heterocycles. The number of hydrogen-bond donors (Lipinski definition) is 0. The lowest BCUT2D eigenvalue weighted by molar-refractivity contribution is 0.583. The van der Waals surface area contributed by atoms with Gasteiger partial charge in [-0.15, -0.1) is 0 Å². The minimum atomic E-state index is 0.358. The third-order valence-corrected chi connectivity index (χ3v) is 15.3. The van der Waals surface area contributed by atoms with E-state index < -0.39 is 0 Å². The molecule has 0 unspecified atom stereocenters. The predicted molar refractivity (Wildman–Crippen MR) is 341 cm³/mol. The molecule has 4 aliphatic rings. The summed E-state index contributed by atoms with van der Waals surface area (Å²) in [7, 11) is 0. The third-order valence-electron chi connectivity index (χ3n) is 15.3. The quantitative estimate of drug-likeness (QED) is 0.136. The Bertz CT molecular complexity index is 4030. The van der Waals surface area contributed by atoms with Gasteiger partial charge in [-0.25, -0.2) is 30.0 Å². The molecular formula is C65H66I2N8. The number of aromatic nitrogens is 2. The molecule has 0 atom stereocenters. The normalized spacial score (nSPS) is 13.1. The minimum Gasteiger partial charge on any atom is -0.291 e. The van der Waals surface area contributed by atoms with Gasteiger partial charge in [0.15, 0.2) is 23.3 Å². The number of fused-ring (bicyclic) bond motifs is 18. The number of aryl methyl sites for hydroxylation is 8. The Morgan fingerprint density at radius 3 is 0.787 bits per heavy atom. The van der Waals surface area contributed by atoms with Gasteiger partial charge in [0.05, 0.1) is 0 Å². The maximum atomic E-state index is 5.79. The molecule has 0 aliphatic carbocycles. The van der Waals surface area contributed by atoms with E-state index >= 15 is 0 Å². The van der Waals surface area contributed by atoms with Crippen molar-refractivity contribution in [2.24, 2.45) is 30.0 Å². The molecule has 8 aromatic carbocycles. The summed E-state index contributed by atoms with van der Waals surface area (Å²) in [6.07, 6.45) is 0. The molecule has 10 aromatic rings. The van der Waals surface area contributed by atoms with E-state index in [9.17, 15) is 0 Å². The molecule has 0 saturated carbocycles. The molecule has 8 nitrogen and oxygen atoms in total. The highest BCUT2D eigenvalue weighted by Crippen LogP contribution is 2.48. The number of aliphatic imine (C=N–C) groups is 4. The first-order valence-electron chi connectivity index (χ1n) is 26.7. The molecule has 0 spiro atoms. The highest BCUT2D eigenvalue weighted by atomic mass is 128. The van der Waals surface area contributed by atoms with Crippen LogP contribution in [0.2, 0.25) is 0 Å². The van der Waals surface area contributed by atoms with Crippen LogP contribution in [0.15, 0.2) is 127 Å². The van der Waals surface area contributed by atoms with E-state index in [2.05, 4.69) is 199 Å². The number of hydrogen-bond acceptors (Lipinski definition) is 6. The lowest BCUT2D eigenvalue weighted by Gasteiger charge is -2.14. The Balaban J connectivity index is 0.000000653. The second-order valence-electron chi connectivity index (χ2n) is 18.4. The van der Waals surface area contributed by atoms with Crippen molar-refractivity contribution in [1.29, 1.82) is 0 Å². The number of halogens is 2. The highest BCUT2D eigenvalue weighted by molar-refractivity contribution is 15.0. The standard InChI is InChI=1S/C57H42N8.4C2H6.I2/c1-26-34-17-9-10-18-35(34)27(2)43-42(26)50-58-51(43)61-55-48-32(7)40-23-15-16-24-41(40)33(8)49(48)57-63-53-45-29(4)37-20-12-11-19-36(37)28(3)44(45)52(59-53)62-56-47-31(6)39-22-14-13-21-38(39)30(5)46(47)54(60-50)64(56)25-65(55)57;5*1-2/h9-24H,25H2,1-8H3;4*1-2H3;. The van der Waals surface area contributed by atoms with Crippen LogP contribution >= 0.6 is 37.2 Å². The molecule has 0 N–H and O–H groups in total. The number of benzene rings is 8. The van der Waals surface area contributed by atoms with E-state index in [1.807, 2.05) is 55.4 Å². The van der Waals surface area contributed by atoms with Crippen LogP contribution in [0.1, 0.15) is 122 Å². The van der Waals surface area contributed by atoms with E-state index in [-0.39, 0.29) is 0 Å². The first-order chi connectivity index (χ1) is 36.6. The summed E-state index contributed by atoms with van der Waals surface area (Å²) in [5.41, 5.74) is 14.9. The van der Waals surface area contributed by atoms with Crippen molar-refractivity contribution in [2.75, 3.05) is 0 Å². The molecule has 4 aliphatic heterocycles. The molecule has 0 saturated heterocycles. The van der Waals surface area contributed by atoms with E-state index in [0.29, 0.717) is 30.0 Å². The minimum absolute atomic E-state index is 0.358. The van der Waals surface area contributed by atoms with Crippen LogP contribution in [0, 0.1) is 55.4 Å². The first-order valence-corrected chi connectivity index (χ1v) is 32.9. The molecule has 14 rings (SSSR count). The van der Waals surface area contributed by atoms with Gasteiger partial charge in [0.25, 0.3) is 0 Å². The summed E-state index contributed by atoms with van der Waals surface area (Å²) >= 11 is 4.24. The van der Waals surface area contributed by atoms with Crippen LogP contribution in [0.5, 0.6) is 0 Å². The van der Waals surface area contributed by atoms with Crippen molar-refractivity contribution < 1.29 is 0 Å². The maximum absolute atomic E-state index is 5.79. The predicted octanol–water partition coefficient (Wildman–Crippen LogP) is 18.0. The van der Waals surface area contributed by atoms with Gasteiger partial charge >= 0.3 is 0 Å². The van der Waals surface area contributed by atoms with Gasteiger partial charge in [-0.05, 0) is 143 Å². The van der Waals surface area contributed by atoms with Gasteiger partial charge in [-0.2, -0.15) is 0 Å². The van der Waals surface area contributed by atoms with Gasteiger partial charge < -0.3 is 0 Å². The topological polar surface area (TPSA) is 84.0 Å². The monoisotopic (exact) mass is 1210 g/mol. The van der Waals surface area contributed by atoms with Crippen LogP contribution in [0.25, 0.3) is 64.6 Å². The third kappa shape index (κ3) is 7.77. The van der Waals surface area contributed by atoms with Crippen molar-refractivity contribution in [3.8, 4) is 0 Å². The van der Waals surface area contributed by atoms with Crippen molar-refractivity contribution in [2.45, 2.75) is 117 Å². The molecule has 380 valence electrons. The van der Waals surface area contributed by atoms with Crippen LogP contribution < -0.4 is 11.0 Å². The van der Waals surface area contributed by atoms with E-state index in [0.717, 1.165) is 111 Å². The lowest BCUT2D eigenvalue weighted by atomic mass is 9.90. The maximum Gasteiger partial charge on any atom is 0.165 e. The number of nitrogens with zero attached hydrogens (tertiary/aromatic N) is 8. The smallest absolute Gasteiger partial charge is 0.165 e. The average Bonchev–Trinajstić information content (AvgIpc) is 4.21. The zero-order valence-electron chi connectivity index (χ0n) is 46.3. The molecule has 0 fully saturated rings. The zero-order valence-corrected chi connectivity index (χ0v) is 50.6. The first kappa shape index (κ1) is 53.4. The Kier molecular flexibility index (Phi) is 15.2. The summed E-state index contributed by atoms with van der Waals surface area (Å²) < 4.78 is 4.63. The fraction of sp³-hybridized carbons (Fsp3) is 0.262. The summed E-state index contributed by atoms with van der Waals surface area (Å²) in [6.45, 7) is 34.2. The molecule has 6 heterocycles. The van der Waals surface area contributed by atoms with E-state index in [1.54, 1.807) is 0 Å². The zero-order chi connectivity index (χ0) is 53.9. The summed E-state index contributed by atoms with van der Waals surface area (Å²) in [4.78, 5) is 34.2. The second-order valence-corrected chi connectivity index (χ2v) is 18.4. The molecule has 0 radical (unpaired) electrons. The lowest BCUT2D eigenvalue weighted by Crippen LogP contribution is -2.32. The van der Waals surface area contributed by atoms with Gasteiger partial charge in [0, 0.05) is 81.0 Å². The molecule has 6 bridgehead atoms. The van der Waals surface area contributed by atoms with Crippen molar-refractivity contribution in [3.05, 3.63) is 175 Å². The van der Waals surface area contributed by atoms with Crippen LogP contribution in [-0.4, -0.2) is 32.5 Å². The van der Waals surface area contributed by atoms with Gasteiger partial charge in [-0.3, -0.25) is 9.13 Å². The van der Waals surface area contributed by atoms with Crippen molar-refractivity contribution in [3.63, 3.8) is 0 Å². The van der Waals surface area contributed by atoms with Crippen LogP contribution in [0.3, 0.4) is 0 Å². The van der Waals surface area contributed by atoms with Gasteiger partial charge in [-0.1, -0.05) is 152 Å². The number of rotatable bonds is 0.